The van der Waals surface area contributed by atoms with Crippen LogP contribution in [0.1, 0.15) is 68.5 Å². The number of nitrogens with one attached hydrogen (secondary N) is 1. The van der Waals surface area contributed by atoms with Gasteiger partial charge in [-0.15, -0.1) is 0 Å². The first-order valence-corrected chi connectivity index (χ1v) is 9.41. The van der Waals surface area contributed by atoms with E-state index in [1.165, 1.54) is 17.0 Å². The molecule has 0 amide bonds. The first-order chi connectivity index (χ1) is 11.8. The third-order valence-corrected chi connectivity index (χ3v) is 5.38. The van der Waals surface area contributed by atoms with Crippen molar-refractivity contribution in [3.05, 3.63) is 53.1 Å². The standard InChI is InChI=1S/C20H28N4S/c1-12(2)23-14(5)11-16(15(23)6)19-18(17-9-7-8-10-21-17)22-20(25)24(19)13(3)4/h7-13,18-19H,1-6H3,(H,22,25)/t18-,19+/m0/s1. The van der Waals surface area contributed by atoms with Gasteiger partial charge in [-0.2, -0.15) is 0 Å². The van der Waals surface area contributed by atoms with Crippen LogP contribution in [0.2, 0.25) is 0 Å². The van der Waals surface area contributed by atoms with E-state index in [9.17, 15) is 0 Å². The second kappa shape index (κ2) is 6.79. The molecule has 3 heterocycles. The number of aromatic nitrogens is 2. The van der Waals surface area contributed by atoms with E-state index in [-0.39, 0.29) is 12.1 Å². The highest BCUT2D eigenvalue weighted by atomic mass is 32.1. The van der Waals surface area contributed by atoms with Gasteiger partial charge in [0.05, 0.1) is 17.8 Å². The molecule has 2 aromatic rings. The zero-order valence-corrected chi connectivity index (χ0v) is 16.8. The third-order valence-electron chi connectivity index (χ3n) is 5.05. The van der Waals surface area contributed by atoms with E-state index in [1.807, 2.05) is 18.3 Å². The quantitative estimate of drug-likeness (QED) is 0.820. The minimum absolute atomic E-state index is 0.0669. The summed E-state index contributed by atoms with van der Waals surface area (Å²) in [4.78, 5) is 6.92. The van der Waals surface area contributed by atoms with Gasteiger partial charge in [-0.1, -0.05) is 6.07 Å². The molecule has 1 aliphatic heterocycles. The topological polar surface area (TPSA) is 33.1 Å². The fraction of sp³-hybridized carbons (Fsp3) is 0.500. The van der Waals surface area contributed by atoms with Crippen LogP contribution in [0.3, 0.4) is 0 Å². The van der Waals surface area contributed by atoms with Gasteiger partial charge in [-0.3, -0.25) is 4.98 Å². The maximum atomic E-state index is 5.69. The van der Waals surface area contributed by atoms with Crippen molar-refractivity contribution in [3.8, 4) is 0 Å². The van der Waals surface area contributed by atoms with E-state index in [0.29, 0.717) is 12.1 Å². The molecule has 5 heteroatoms. The number of hydrogen-bond donors (Lipinski definition) is 1. The van der Waals surface area contributed by atoms with Crippen LogP contribution < -0.4 is 5.32 Å². The summed E-state index contributed by atoms with van der Waals surface area (Å²) < 4.78 is 2.41. The Hall–Kier alpha value is -1.88. The first kappa shape index (κ1) is 17.9. The molecule has 0 bridgehead atoms. The van der Waals surface area contributed by atoms with Crippen molar-refractivity contribution in [1.29, 1.82) is 0 Å². The molecule has 0 spiro atoms. The van der Waals surface area contributed by atoms with E-state index >= 15 is 0 Å². The van der Waals surface area contributed by atoms with Gasteiger partial charge < -0.3 is 14.8 Å². The van der Waals surface area contributed by atoms with Crippen molar-refractivity contribution >= 4 is 17.3 Å². The largest absolute Gasteiger partial charge is 0.352 e. The predicted molar refractivity (Wildman–Crippen MR) is 107 cm³/mol. The third kappa shape index (κ3) is 3.06. The van der Waals surface area contributed by atoms with Gasteiger partial charge in [0.25, 0.3) is 0 Å². The molecule has 2 atom stereocenters. The molecule has 2 aromatic heterocycles. The Morgan fingerprint density at radius 3 is 2.36 bits per heavy atom. The summed E-state index contributed by atoms with van der Waals surface area (Å²) in [6, 6.07) is 9.38. The second-order valence-electron chi connectivity index (χ2n) is 7.42. The average Bonchev–Trinajstić information content (AvgIpc) is 3.04. The Labute approximate surface area is 156 Å². The number of pyridine rings is 1. The monoisotopic (exact) mass is 356 g/mol. The zero-order valence-electron chi connectivity index (χ0n) is 15.9. The Bertz CT molecular complexity index is 764. The maximum Gasteiger partial charge on any atom is 0.170 e. The summed E-state index contributed by atoms with van der Waals surface area (Å²) in [6.45, 7) is 13.3. The van der Waals surface area contributed by atoms with Crippen molar-refractivity contribution in [1.82, 2.24) is 19.8 Å². The van der Waals surface area contributed by atoms with Crippen molar-refractivity contribution in [2.45, 2.75) is 65.7 Å². The molecule has 3 rings (SSSR count). The van der Waals surface area contributed by atoms with Gasteiger partial charge >= 0.3 is 0 Å². The Balaban J connectivity index is 2.14. The second-order valence-corrected chi connectivity index (χ2v) is 7.80. The van der Waals surface area contributed by atoms with Crippen LogP contribution in [0.5, 0.6) is 0 Å². The van der Waals surface area contributed by atoms with Crippen LogP contribution in [0.15, 0.2) is 30.5 Å². The van der Waals surface area contributed by atoms with E-state index < -0.39 is 0 Å². The normalized spacial score (nSPS) is 20.6. The molecule has 1 saturated heterocycles. The van der Waals surface area contributed by atoms with Crippen LogP contribution in [0.4, 0.5) is 0 Å². The van der Waals surface area contributed by atoms with E-state index in [2.05, 4.69) is 73.4 Å². The molecule has 0 aliphatic carbocycles. The minimum atomic E-state index is 0.0669. The molecule has 0 radical (unpaired) electrons. The van der Waals surface area contributed by atoms with Crippen LogP contribution >= 0.6 is 12.2 Å². The van der Waals surface area contributed by atoms with Crippen LogP contribution in [-0.2, 0) is 0 Å². The first-order valence-electron chi connectivity index (χ1n) is 9.01. The zero-order chi connectivity index (χ0) is 18.3. The molecular formula is C20H28N4S. The summed E-state index contributed by atoms with van der Waals surface area (Å²) in [6.07, 6.45) is 1.85. The Morgan fingerprint density at radius 2 is 1.84 bits per heavy atom. The molecule has 1 N–H and O–H groups in total. The van der Waals surface area contributed by atoms with Crippen molar-refractivity contribution < 1.29 is 0 Å². The molecule has 0 aromatic carbocycles. The summed E-state index contributed by atoms with van der Waals surface area (Å²) in [5, 5.41) is 4.33. The number of nitrogens with zero attached hydrogens (tertiary/aromatic N) is 3. The molecular weight excluding hydrogens is 328 g/mol. The highest BCUT2D eigenvalue weighted by Gasteiger charge is 2.42. The summed E-state index contributed by atoms with van der Waals surface area (Å²) >= 11 is 5.69. The van der Waals surface area contributed by atoms with Crippen molar-refractivity contribution in [3.63, 3.8) is 0 Å². The maximum absolute atomic E-state index is 5.69. The number of rotatable bonds is 4. The SMILES string of the molecule is Cc1cc([C@@H]2[C@H](c3ccccn3)NC(=S)N2C(C)C)c(C)n1C(C)C. The van der Waals surface area contributed by atoms with Gasteiger partial charge in [0, 0.05) is 29.7 Å². The predicted octanol–water partition coefficient (Wildman–Crippen LogP) is 4.46. The lowest BCUT2D eigenvalue weighted by Crippen LogP contribution is -2.35. The lowest BCUT2D eigenvalue weighted by molar-refractivity contribution is 0.268. The number of hydrogen-bond acceptors (Lipinski definition) is 2. The molecule has 0 unspecified atom stereocenters. The smallest absolute Gasteiger partial charge is 0.170 e. The molecule has 25 heavy (non-hydrogen) atoms. The van der Waals surface area contributed by atoms with Gasteiger partial charge in [-0.25, -0.2) is 0 Å². The van der Waals surface area contributed by atoms with Gasteiger partial charge in [-0.05, 0) is 77.5 Å². The molecule has 4 nitrogen and oxygen atoms in total. The number of aryl methyl sites for hydroxylation is 1. The van der Waals surface area contributed by atoms with Crippen molar-refractivity contribution in [2.24, 2.45) is 0 Å². The molecule has 1 fully saturated rings. The van der Waals surface area contributed by atoms with Crippen LogP contribution in [0, 0.1) is 13.8 Å². The highest BCUT2D eigenvalue weighted by molar-refractivity contribution is 7.80. The summed E-state index contributed by atoms with van der Waals surface area (Å²) in [5.41, 5.74) is 4.98. The highest BCUT2D eigenvalue weighted by Crippen LogP contribution is 2.42. The summed E-state index contributed by atoms with van der Waals surface area (Å²) in [5.74, 6) is 0. The van der Waals surface area contributed by atoms with Crippen LogP contribution in [-0.4, -0.2) is 25.6 Å². The van der Waals surface area contributed by atoms with Gasteiger partial charge in [0.1, 0.15) is 0 Å². The van der Waals surface area contributed by atoms with Gasteiger partial charge in [0.2, 0.25) is 0 Å². The fourth-order valence-corrected chi connectivity index (χ4v) is 4.60. The van der Waals surface area contributed by atoms with E-state index in [4.69, 9.17) is 12.2 Å². The summed E-state index contributed by atoms with van der Waals surface area (Å²) in [7, 11) is 0. The minimum Gasteiger partial charge on any atom is -0.352 e. The average molecular weight is 357 g/mol. The van der Waals surface area contributed by atoms with E-state index in [1.54, 1.807) is 0 Å². The lowest BCUT2D eigenvalue weighted by Gasteiger charge is -2.31. The molecule has 134 valence electrons. The van der Waals surface area contributed by atoms with Crippen molar-refractivity contribution in [2.75, 3.05) is 0 Å². The Kier molecular flexibility index (Phi) is 4.87. The van der Waals surface area contributed by atoms with Gasteiger partial charge in [0.15, 0.2) is 5.11 Å². The fourth-order valence-electron chi connectivity index (χ4n) is 4.15. The molecule has 1 aliphatic rings. The molecule has 0 saturated carbocycles. The lowest BCUT2D eigenvalue weighted by atomic mass is 9.96. The van der Waals surface area contributed by atoms with E-state index in [0.717, 1.165) is 10.8 Å². The Morgan fingerprint density at radius 1 is 1.12 bits per heavy atom. The van der Waals surface area contributed by atoms with Crippen LogP contribution in [0.25, 0.3) is 0 Å². The number of thiocarbonyl (C=S) groups is 1.